The highest BCUT2D eigenvalue weighted by Gasteiger charge is 2.46. The first-order chi connectivity index (χ1) is 9.87. The molecule has 1 amide bonds. The number of piperidine rings is 1. The molecule has 4 heteroatoms. The highest BCUT2D eigenvalue weighted by atomic mass is 16.5. The summed E-state index contributed by atoms with van der Waals surface area (Å²) in [6, 6.07) is 0.229. The van der Waals surface area contributed by atoms with E-state index >= 15 is 0 Å². The zero-order valence-corrected chi connectivity index (χ0v) is 14.1. The standard InChI is InChI=1S/C17H32N2O2/c1-5-21-13-8-10-19(11-9-13)16(20)14-6-7-15(18)12(2)17(14,3)4/h12-15H,5-11,18H2,1-4H3. The summed E-state index contributed by atoms with van der Waals surface area (Å²) in [7, 11) is 0. The van der Waals surface area contributed by atoms with E-state index in [0.29, 0.717) is 17.9 Å². The molecule has 1 heterocycles. The fraction of sp³-hybridized carbons (Fsp3) is 0.941. The zero-order valence-electron chi connectivity index (χ0n) is 14.1. The third-order valence-corrected chi connectivity index (χ3v) is 5.96. The Morgan fingerprint density at radius 3 is 2.43 bits per heavy atom. The maximum Gasteiger partial charge on any atom is 0.226 e. The number of hydrogen-bond donors (Lipinski definition) is 1. The average Bonchev–Trinajstić information content (AvgIpc) is 2.45. The highest BCUT2D eigenvalue weighted by molar-refractivity contribution is 5.80. The first kappa shape index (κ1) is 16.8. The maximum absolute atomic E-state index is 12.9. The fourth-order valence-corrected chi connectivity index (χ4v) is 3.99. The molecular weight excluding hydrogens is 264 g/mol. The van der Waals surface area contributed by atoms with Gasteiger partial charge in [-0.05, 0) is 43.9 Å². The van der Waals surface area contributed by atoms with Crippen LogP contribution in [0, 0.1) is 17.3 Å². The van der Waals surface area contributed by atoms with Gasteiger partial charge in [0.2, 0.25) is 5.91 Å². The number of likely N-dealkylation sites (tertiary alicyclic amines) is 1. The molecule has 4 nitrogen and oxygen atoms in total. The van der Waals surface area contributed by atoms with Crippen LogP contribution in [0.15, 0.2) is 0 Å². The zero-order chi connectivity index (χ0) is 15.6. The normalized spacial score (nSPS) is 34.0. The Labute approximate surface area is 129 Å². The van der Waals surface area contributed by atoms with Crippen molar-refractivity contribution in [3.8, 4) is 0 Å². The minimum Gasteiger partial charge on any atom is -0.378 e. The summed E-state index contributed by atoms with van der Waals surface area (Å²) in [4.78, 5) is 15.0. The molecule has 3 atom stereocenters. The molecule has 2 N–H and O–H groups in total. The summed E-state index contributed by atoms with van der Waals surface area (Å²) in [6.07, 6.45) is 4.19. The molecular formula is C17H32N2O2. The van der Waals surface area contributed by atoms with Gasteiger partial charge in [0.1, 0.15) is 0 Å². The van der Waals surface area contributed by atoms with E-state index in [9.17, 15) is 4.79 Å². The van der Waals surface area contributed by atoms with Gasteiger partial charge in [-0.25, -0.2) is 0 Å². The van der Waals surface area contributed by atoms with Crippen LogP contribution in [0.2, 0.25) is 0 Å². The predicted octanol–water partition coefficient (Wildman–Crippen LogP) is 2.41. The van der Waals surface area contributed by atoms with E-state index in [1.165, 1.54) is 0 Å². The molecule has 1 saturated heterocycles. The van der Waals surface area contributed by atoms with E-state index in [1.807, 2.05) is 6.92 Å². The van der Waals surface area contributed by atoms with Crippen LogP contribution in [-0.2, 0) is 9.53 Å². The Balaban J connectivity index is 1.97. The summed E-state index contributed by atoms with van der Waals surface area (Å²) in [5.41, 5.74) is 6.20. The molecule has 2 rings (SSSR count). The Kier molecular flexibility index (Phi) is 5.31. The van der Waals surface area contributed by atoms with Gasteiger partial charge in [0.25, 0.3) is 0 Å². The van der Waals surface area contributed by atoms with Gasteiger partial charge in [-0.1, -0.05) is 20.8 Å². The summed E-state index contributed by atoms with van der Waals surface area (Å²) < 4.78 is 5.67. The largest absolute Gasteiger partial charge is 0.378 e. The van der Waals surface area contributed by atoms with Crippen molar-refractivity contribution in [2.75, 3.05) is 19.7 Å². The smallest absolute Gasteiger partial charge is 0.226 e. The van der Waals surface area contributed by atoms with Crippen molar-refractivity contribution >= 4 is 5.91 Å². The quantitative estimate of drug-likeness (QED) is 0.870. The van der Waals surface area contributed by atoms with Crippen LogP contribution < -0.4 is 5.73 Å². The summed E-state index contributed by atoms with van der Waals surface area (Å²) in [6.45, 7) is 11.1. The third kappa shape index (κ3) is 3.42. The van der Waals surface area contributed by atoms with Gasteiger partial charge in [-0.3, -0.25) is 4.79 Å². The van der Waals surface area contributed by atoms with Crippen molar-refractivity contribution in [2.24, 2.45) is 23.0 Å². The number of carbonyl (C=O) groups excluding carboxylic acids is 1. The number of hydrogen-bond acceptors (Lipinski definition) is 3. The van der Waals surface area contributed by atoms with Gasteiger partial charge in [0.05, 0.1) is 6.10 Å². The maximum atomic E-state index is 12.9. The number of carbonyl (C=O) groups is 1. The molecule has 2 fully saturated rings. The van der Waals surface area contributed by atoms with Crippen molar-refractivity contribution in [3.63, 3.8) is 0 Å². The first-order valence-corrected chi connectivity index (χ1v) is 8.53. The Hall–Kier alpha value is -0.610. The summed E-state index contributed by atoms with van der Waals surface area (Å²) in [5, 5.41) is 0. The minimum absolute atomic E-state index is 0.00842. The number of ether oxygens (including phenoxy) is 1. The van der Waals surface area contributed by atoms with Crippen LogP contribution in [0.5, 0.6) is 0 Å². The Morgan fingerprint density at radius 2 is 1.86 bits per heavy atom. The van der Waals surface area contributed by atoms with E-state index in [0.717, 1.165) is 45.4 Å². The van der Waals surface area contributed by atoms with Gasteiger partial charge in [0, 0.05) is 31.7 Å². The molecule has 1 aliphatic heterocycles. The monoisotopic (exact) mass is 296 g/mol. The molecule has 0 radical (unpaired) electrons. The average molecular weight is 296 g/mol. The summed E-state index contributed by atoms with van der Waals surface area (Å²) in [5.74, 6) is 0.853. The lowest BCUT2D eigenvalue weighted by Crippen LogP contribution is -2.53. The van der Waals surface area contributed by atoms with E-state index < -0.39 is 0 Å². The van der Waals surface area contributed by atoms with E-state index in [2.05, 4.69) is 25.7 Å². The number of amides is 1. The van der Waals surface area contributed by atoms with Crippen molar-refractivity contribution < 1.29 is 9.53 Å². The lowest BCUT2D eigenvalue weighted by Gasteiger charge is -2.48. The molecule has 122 valence electrons. The Bertz CT molecular complexity index is 362. The van der Waals surface area contributed by atoms with E-state index in [-0.39, 0.29) is 17.4 Å². The van der Waals surface area contributed by atoms with Crippen LogP contribution in [0.3, 0.4) is 0 Å². The lowest BCUT2D eigenvalue weighted by molar-refractivity contribution is -0.146. The lowest BCUT2D eigenvalue weighted by atomic mass is 9.60. The molecule has 1 aliphatic carbocycles. The molecule has 0 bridgehead atoms. The number of rotatable bonds is 3. The van der Waals surface area contributed by atoms with Crippen LogP contribution in [0.1, 0.15) is 53.4 Å². The van der Waals surface area contributed by atoms with Gasteiger partial charge in [-0.2, -0.15) is 0 Å². The molecule has 21 heavy (non-hydrogen) atoms. The molecule has 0 aromatic heterocycles. The van der Waals surface area contributed by atoms with Crippen molar-refractivity contribution in [1.29, 1.82) is 0 Å². The fourth-order valence-electron chi connectivity index (χ4n) is 3.99. The van der Waals surface area contributed by atoms with Gasteiger partial charge in [0.15, 0.2) is 0 Å². The Morgan fingerprint density at radius 1 is 1.24 bits per heavy atom. The number of nitrogens with zero attached hydrogens (tertiary/aromatic N) is 1. The molecule has 0 aromatic rings. The predicted molar refractivity (Wildman–Crippen MR) is 84.9 cm³/mol. The van der Waals surface area contributed by atoms with Crippen LogP contribution in [0.4, 0.5) is 0 Å². The van der Waals surface area contributed by atoms with Crippen LogP contribution in [-0.4, -0.2) is 42.6 Å². The molecule has 0 spiro atoms. The second-order valence-corrected chi connectivity index (χ2v) is 7.38. The second-order valence-electron chi connectivity index (χ2n) is 7.38. The van der Waals surface area contributed by atoms with Crippen molar-refractivity contribution in [3.05, 3.63) is 0 Å². The minimum atomic E-state index is -0.00842. The van der Waals surface area contributed by atoms with Crippen molar-refractivity contribution in [1.82, 2.24) is 4.90 Å². The van der Waals surface area contributed by atoms with Crippen molar-refractivity contribution in [2.45, 2.75) is 65.5 Å². The number of nitrogens with two attached hydrogens (primary N) is 1. The van der Waals surface area contributed by atoms with Crippen LogP contribution >= 0.6 is 0 Å². The first-order valence-electron chi connectivity index (χ1n) is 8.53. The SMILES string of the molecule is CCOC1CCN(C(=O)C2CCC(N)C(C)C2(C)C)CC1. The van der Waals surface area contributed by atoms with Gasteiger partial charge < -0.3 is 15.4 Å². The van der Waals surface area contributed by atoms with Gasteiger partial charge >= 0.3 is 0 Å². The summed E-state index contributed by atoms with van der Waals surface area (Å²) >= 11 is 0. The highest BCUT2D eigenvalue weighted by Crippen LogP contribution is 2.45. The molecule has 0 aromatic carbocycles. The molecule has 2 aliphatic rings. The molecule has 3 unspecified atom stereocenters. The van der Waals surface area contributed by atoms with E-state index in [4.69, 9.17) is 10.5 Å². The third-order valence-electron chi connectivity index (χ3n) is 5.96. The molecule has 1 saturated carbocycles. The topological polar surface area (TPSA) is 55.6 Å². The van der Waals surface area contributed by atoms with E-state index in [1.54, 1.807) is 0 Å². The van der Waals surface area contributed by atoms with Crippen LogP contribution in [0.25, 0.3) is 0 Å². The van der Waals surface area contributed by atoms with Gasteiger partial charge in [-0.15, -0.1) is 0 Å². The second kappa shape index (κ2) is 6.66.